The maximum Gasteiger partial charge on any atom is 0.340 e. The van der Waals surface area contributed by atoms with Crippen LogP contribution in [0.5, 0.6) is 5.75 Å². The number of esters is 1. The quantitative estimate of drug-likeness (QED) is 0.432. The molecule has 8 nitrogen and oxygen atoms in total. The van der Waals surface area contributed by atoms with Crippen molar-refractivity contribution in [2.24, 2.45) is 10.2 Å². The maximum absolute atomic E-state index is 12.7. The first-order valence-electron chi connectivity index (χ1n) is 8.54. The number of non-ortho nitro benzene ring substituents is 1. The van der Waals surface area contributed by atoms with Gasteiger partial charge in [-0.1, -0.05) is 30.3 Å². The Kier molecular flexibility index (Phi) is 5.49. The Morgan fingerprint density at radius 3 is 2.43 bits per heavy atom. The molecule has 0 saturated carbocycles. The molecule has 2 aromatic carbocycles. The second kappa shape index (κ2) is 7.99. The molecule has 1 atom stereocenters. The van der Waals surface area contributed by atoms with Crippen molar-refractivity contribution < 1.29 is 19.2 Å². The van der Waals surface area contributed by atoms with Crippen molar-refractivity contribution in [1.29, 1.82) is 0 Å². The summed E-state index contributed by atoms with van der Waals surface area (Å²) in [6.07, 6.45) is 2.06. The lowest BCUT2D eigenvalue weighted by atomic mass is 9.84. The molecule has 0 bridgehead atoms. The molecule has 1 aliphatic rings. The fourth-order valence-electron chi connectivity index (χ4n) is 3.09. The van der Waals surface area contributed by atoms with Gasteiger partial charge in [0.2, 0.25) is 5.54 Å². The zero-order chi connectivity index (χ0) is 20.1. The molecule has 0 aromatic heterocycles. The molecule has 144 valence electrons. The van der Waals surface area contributed by atoms with E-state index >= 15 is 0 Å². The molecule has 2 aromatic rings. The zero-order valence-corrected chi connectivity index (χ0v) is 15.5. The van der Waals surface area contributed by atoms with Crippen molar-refractivity contribution in [1.82, 2.24) is 0 Å². The molecule has 0 saturated heterocycles. The van der Waals surface area contributed by atoms with Crippen LogP contribution in [0, 0.1) is 10.1 Å². The van der Waals surface area contributed by atoms with Crippen molar-refractivity contribution in [3.8, 4) is 5.75 Å². The lowest BCUT2D eigenvalue weighted by molar-refractivity contribution is -0.384. The van der Waals surface area contributed by atoms with Gasteiger partial charge in [-0.2, -0.15) is 10.2 Å². The normalized spacial score (nSPS) is 19.6. The average molecular weight is 381 g/mol. The minimum absolute atomic E-state index is 0.0158. The minimum Gasteiger partial charge on any atom is -0.497 e. The van der Waals surface area contributed by atoms with Gasteiger partial charge in [0.15, 0.2) is 0 Å². The van der Waals surface area contributed by atoms with Crippen molar-refractivity contribution in [3.05, 3.63) is 75.3 Å². The highest BCUT2D eigenvalue weighted by Gasteiger charge is 2.46. The second-order valence-electron chi connectivity index (χ2n) is 6.29. The molecule has 0 fully saturated rings. The Hall–Kier alpha value is -3.55. The van der Waals surface area contributed by atoms with E-state index in [1.54, 1.807) is 19.2 Å². The molecule has 3 rings (SSSR count). The lowest BCUT2D eigenvalue weighted by Gasteiger charge is -2.24. The van der Waals surface area contributed by atoms with Crippen LogP contribution in [0.2, 0.25) is 0 Å². The molecule has 1 heterocycles. The van der Waals surface area contributed by atoms with Gasteiger partial charge in [0.1, 0.15) is 5.75 Å². The van der Waals surface area contributed by atoms with E-state index in [4.69, 9.17) is 9.47 Å². The summed E-state index contributed by atoms with van der Waals surface area (Å²) in [4.78, 5) is 23.1. The summed E-state index contributed by atoms with van der Waals surface area (Å²) >= 11 is 0. The number of nitro benzene ring substituents is 1. The van der Waals surface area contributed by atoms with E-state index in [0.717, 1.165) is 16.9 Å². The van der Waals surface area contributed by atoms with Crippen molar-refractivity contribution >= 4 is 17.7 Å². The van der Waals surface area contributed by atoms with Gasteiger partial charge in [0.05, 0.1) is 25.7 Å². The van der Waals surface area contributed by atoms with Crippen LogP contribution in [-0.4, -0.2) is 37.2 Å². The summed E-state index contributed by atoms with van der Waals surface area (Å²) in [5, 5.41) is 19.2. The highest BCUT2D eigenvalue weighted by Crippen LogP contribution is 2.35. The van der Waals surface area contributed by atoms with Gasteiger partial charge in [-0.05, 0) is 28.8 Å². The Labute approximate surface area is 161 Å². The third-order valence-electron chi connectivity index (χ3n) is 4.60. The molecule has 1 unspecified atom stereocenters. The number of ether oxygens (including phenoxy) is 2. The standard InChI is InChI=1S/C20H19N3O5/c1-27-18-9-5-14(6-10-18)11-16-13-21-22-20(16,19(24)28-2)12-15-3-7-17(8-4-15)23(25)26/h3-11H,12-13H2,1-2H3/b16-11-. The number of nitrogens with zero attached hydrogens (tertiary/aromatic N) is 3. The monoisotopic (exact) mass is 381 g/mol. The van der Waals surface area contributed by atoms with Gasteiger partial charge >= 0.3 is 5.97 Å². The summed E-state index contributed by atoms with van der Waals surface area (Å²) in [7, 11) is 2.90. The van der Waals surface area contributed by atoms with Crippen molar-refractivity contribution in [3.63, 3.8) is 0 Å². The highest BCUT2D eigenvalue weighted by atomic mass is 16.6. The molecule has 28 heavy (non-hydrogen) atoms. The largest absolute Gasteiger partial charge is 0.497 e. The van der Waals surface area contributed by atoms with Gasteiger partial charge in [-0.15, -0.1) is 0 Å². The van der Waals surface area contributed by atoms with E-state index in [2.05, 4.69) is 10.2 Å². The van der Waals surface area contributed by atoms with Crippen LogP contribution in [0.15, 0.2) is 64.3 Å². The molecule has 0 amide bonds. The van der Waals surface area contributed by atoms with Crippen molar-refractivity contribution in [2.45, 2.75) is 12.0 Å². The molecule has 0 radical (unpaired) electrons. The maximum atomic E-state index is 12.7. The number of hydrogen-bond donors (Lipinski definition) is 0. The summed E-state index contributed by atoms with van der Waals surface area (Å²) in [6, 6.07) is 13.4. The molecular weight excluding hydrogens is 362 g/mol. The number of rotatable bonds is 6. The fraction of sp³-hybridized carbons (Fsp3) is 0.250. The molecule has 0 aliphatic carbocycles. The van der Waals surface area contributed by atoms with Crippen molar-refractivity contribution in [2.75, 3.05) is 20.8 Å². The first kappa shape index (κ1) is 19.2. The van der Waals surface area contributed by atoms with E-state index in [-0.39, 0.29) is 18.7 Å². The predicted octanol–water partition coefficient (Wildman–Crippen LogP) is 3.61. The van der Waals surface area contributed by atoms with Crippen LogP contribution in [0.1, 0.15) is 11.1 Å². The van der Waals surface area contributed by atoms with Gasteiger partial charge < -0.3 is 9.47 Å². The SMILES string of the molecule is COC(=O)C1(Cc2ccc([N+](=O)[O-])cc2)N=NC/C1=C/c1ccc(OC)cc1. The second-order valence-corrected chi connectivity index (χ2v) is 6.29. The molecule has 8 heteroatoms. The Balaban J connectivity index is 1.96. The van der Waals surface area contributed by atoms with Crippen LogP contribution < -0.4 is 4.74 Å². The summed E-state index contributed by atoms with van der Waals surface area (Å²) in [5.74, 6) is 0.208. The van der Waals surface area contributed by atoms with E-state index in [0.29, 0.717) is 5.57 Å². The highest BCUT2D eigenvalue weighted by molar-refractivity contribution is 5.88. The van der Waals surface area contributed by atoms with Crippen LogP contribution in [0.25, 0.3) is 6.08 Å². The van der Waals surface area contributed by atoms with E-state index in [1.165, 1.54) is 19.2 Å². The van der Waals surface area contributed by atoms with Crippen LogP contribution in [0.3, 0.4) is 0 Å². The van der Waals surface area contributed by atoms with E-state index in [1.807, 2.05) is 30.3 Å². The number of azo groups is 1. The fourth-order valence-corrected chi connectivity index (χ4v) is 3.09. The van der Waals surface area contributed by atoms with Crippen LogP contribution in [-0.2, 0) is 16.0 Å². The Morgan fingerprint density at radius 2 is 1.86 bits per heavy atom. The summed E-state index contributed by atoms with van der Waals surface area (Å²) in [6.45, 7) is 0.272. The molecule has 0 spiro atoms. The van der Waals surface area contributed by atoms with Crippen LogP contribution in [0.4, 0.5) is 5.69 Å². The molecular formula is C20H19N3O5. The number of methoxy groups -OCH3 is 2. The Bertz CT molecular complexity index is 935. The zero-order valence-electron chi connectivity index (χ0n) is 15.5. The summed E-state index contributed by atoms with van der Waals surface area (Å²) < 4.78 is 10.2. The van der Waals surface area contributed by atoms with Crippen LogP contribution >= 0.6 is 0 Å². The molecule has 1 aliphatic heterocycles. The van der Waals surface area contributed by atoms with E-state index in [9.17, 15) is 14.9 Å². The number of hydrogen-bond acceptors (Lipinski definition) is 7. The average Bonchev–Trinajstić information content (AvgIpc) is 3.11. The number of carbonyl (C=O) groups is 1. The third-order valence-corrected chi connectivity index (χ3v) is 4.60. The number of carbonyl (C=O) groups excluding carboxylic acids is 1. The van der Waals surface area contributed by atoms with Gasteiger partial charge in [0, 0.05) is 18.6 Å². The number of benzene rings is 2. The first-order valence-corrected chi connectivity index (χ1v) is 8.54. The first-order chi connectivity index (χ1) is 13.5. The molecule has 0 N–H and O–H groups in total. The predicted molar refractivity (Wildman–Crippen MR) is 102 cm³/mol. The van der Waals surface area contributed by atoms with Gasteiger partial charge in [-0.25, -0.2) is 4.79 Å². The van der Waals surface area contributed by atoms with Gasteiger partial charge in [0.25, 0.3) is 5.69 Å². The number of nitro groups is 1. The minimum atomic E-state index is -1.29. The Morgan fingerprint density at radius 1 is 1.18 bits per heavy atom. The van der Waals surface area contributed by atoms with Gasteiger partial charge in [-0.3, -0.25) is 10.1 Å². The smallest absolute Gasteiger partial charge is 0.340 e. The summed E-state index contributed by atoms with van der Waals surface area (Å²) in [5.41, 5.74) is 0.989. The topological polar surface area (TPSA) is 103 Å². The third kappa shape index (κ3) is 3.75. The lowest BCUT2D eigenvalue weighted by Crippen LogP contribution is -2.40. The van der Waals surface area contributed by atoms with E-state index < -0.39 is 16.4 Å².